The molecule has 0 radical (unpaired) electrons. The molecule has 0 aromatic heterocycles. The van der Waals surface area contributed by atoms with E-state index < -0.39 is 0 Å². The Balaban J connectivity index is 1.69. The molecule has 2 fully saturated rings. The summed E-state index contributed by atoms with van der Waals surface area (Å²) < 4.78 is 5.95. The molecule has 1 aliphatic carbocycles. The van der Waals surface area contributed by atoms with Gasteiger partial charge in [0.25, 0.3) is 0 Å². The maximum atomic E-state index is 12.2. The van der Waals surface area contributed by atoms with Crippen molar-refractivity contribution in [2.24, 2.45) is 5.92 Å². The first-order valence-electron chi connectivity index (χ1n) is 9.97. The van der Waals surface area contributed by atoms with Gasteiger partial charge in [0.2, 0.25) is 11.8 Å². The summed E-state index contributed by atoms with van der Waals surface area (Å²) in [7, 11) is 3.69. The fourth-order valence-corrected chi connectivity index (χ4v) is 3.91. The highest BCUT2D eigenvalue weighted by Gasteiger charge is 2.32. The third-order valence-electron chi connectivity index (χ3n) is 5.34. The van der Waals surface area contributed by atoms with E-state index in [4.69, 9.17) is 4.74 Å². The largest absolute Gasteiger partial charge is 0.394 e. The molecule has 3 N–H and O–H groups in total. The first-order valence-corrected chi connectivity index (χ1v) is 9.97. The Kier molecular flexibility index (Phi) is 8.81. The summed E-state index contributed by atoms with van der Waals surface area (Å²) in [5.74, 6) is 0.297. The second-order valence-electron chi connectivity index (χ2n) is 7.88. The molecule has 3 atom stereocenters. The standard InChI is InChI=1S/C19H35N3O4/c1-22(2)12-18(24)21-16-9-8-15(26-17(16)13-23)10-11-20-19(25)14-6-4-3-5-7-14/h14-17,23H,3-13H2,1-2H3,(H,20,25)(H,21,24)/t15-,16+,17-/m1/s1. The molecular formula is C19H35N3O4. The van der Waals surface area contributed by atoms with E-state index in [0.29, 0.717) is 13.1 Å². The van der Waals surface area contributed by atoms with Crippen molar-refractivity contribution >= 4 is 11.8 Å². The Bertz CT molecular complexity index is 452. The van der Waals surface area contributed by atoms with Crippen molar-refractivity contribution in [3.8, 4) is 0 Å². The number of nitrogens with one attached hydrogen (secondary N) is 2. The van der Waals surface area contributed by atoms with Gasteiger partial charge in [-0.25, -0.2) is 0 Å². The number of likely N-dealkylation sites (N-methyl/N-ethyl adjacent to an activating group) is 1. The Morgan fingerprint density at radius 3 is 2.50 bits per heavy atom. The molecule has 0 unspecified atom stereocenters. The fourth-order valence-electron chi connectivity index (χ4n) is 3.91. The Morgan fingerprint density at radius 1 is 1.12 bits per heavy atom. The Labute approximate surface area is 156 Å². The van der Waals surface area contributed by atoms with Crippen molar-refractivity contribution in [1.82, 2.24) is 15.5 Å². The van der Waals surface area contributed by atoms with E-state index in [0.717, 1.165) is 44.9 Å². The first kappa shape index (κ1) is 21.1. The van der Waals surface area contributed by atoms with Crippen LogP contribution in [0.4, 0.5) is 0 Å². The van der Waals surface area contributed by atoms with Crippen LogP contribution in [-0.2, 0) is 14.3 Å². The molecule has 0 bridgehead atoms. The van der Waals surface area contributed by atoms with Gasteiger partial charge in [-0.05, 0) is 46.2 Å². The van der Waals surface area contributed by atoms with Crippen molar-refractivity contribution in [3.05, 3.63) is 0 Å². The number of ether oxygens (including phenoxy) is 1. The van der Waals surface area contributed by atoms with Crippen LogP contribution in [-0.4, -0.2) is 73.9 Å². The van der Waals surface area contributed by atoms with Crippen LogP contribution in [0.1, 0.15) is 51.4 Å². The molecule has 0 aromatic carbocycles. The number of aliphatic hydroxyl groups is 1. The summed E-state index contributed by atoms with van der Waals surface area (Å²) >= 11 is 0. The normalized spacial score (nSPS) is 27.3. The van der Waals surface area contributed by atoms with Gasteiger partial charge in [-0.2, -0.15) is 0 Å². The van der Waals surface area contributed by atoms with Crippen LogP contribution in [0, 0.1) is 5.92 Å². The monoisotopic (exact) mass is 369 g/mol. The Morgan fingerprint density at radius 2 is 1.85 bits per heavy atom. The molecule has 1 heterocycles. The molecule has 2 rings (SSSR count). The molecule has 1 saturated carbocycles. The van der Waals surface area contributed by atoms with Crippen LogP contribution in [0.5, 0.6) is 0 Å². The number of amides is 2. The zero-order valence-corrected chi connectivity index (χ0v) is 16.2. The van der Waals surface area contributed by atoms with Gasteiger partial charge in [-0.15, -0.1) is 0 Å². The predicted octanol–water partition coefficient (Wildman–Crippen LogP) is 0.659. The molecule has 7 heteroatoms. The smallest absolute Gasteiger partial charge is 0.234 e. The number of aliphatic hydroxyl groups excluding tert-OH is 1. The van der Waals surface area contributed by atoms with Gasteiger partial charge in [-0.1, -0.05) is 19.3 Å². The number of nitrogens with zero attached hydrogens (tertiary/aromatic N) is 1. The van der Waals surface area contributed by atoms with Gasteiger partial charge in [0.05, 0.1) is 25.3 Å². The van der Waals surface area contributed by atoms with Crippen molar-refractivity contribution in [2.75, 3.05) is 33.8 Å². The van der Waals surface area contributed by atoms with E-state index in [1.165, 1.54) is 6.42 Å². The maximum absolute atomic E-state index is 12.2. The summed E-state index contributed by atoms with van der Waals surface area (Å²) in [5, 5.41) is 15.6. The highest BCUT2D eigenvalue weighted by atomic mass is 16.5. The van der Waals surface area contributed by atoms with E-state index >= 15 is 0 Å². The number of carbonyl (C=O) groups is 2. The van der Waals surface area contributed by atoms with E-state index in [-0.39, 0.29) is 42.6 Å². The SMILES string of the molecule is CN(C)CC(=O)N[C@H]1CC[C@H](CCNC(=O)C2CCCCC2)O[C@@H]1CO. The quantitative estimate of drug-likeness (QED) is 0.585. The van der Waals surface area contributed by atoms with Gasteiger partial charge in [0.1, 0.15) is 6.10 Å². The number of hydrogen-bond acceptors (Lipinski definition) is 5. The summed E-state index contributed by atoms with van der Waals surface area (Å²) in [5.41, 5.74) is 0. The minimum Gasteiger partial charge on any atom is -0.394 e. The fraction of sp³-hybridized carbons (Fsp3) is 0.895. The van der Waals surface area contributed by atoms with Gasteiger partial charge in [0, 0.05) is 12.5 Å². The summed E-state index contributed by atoms with van der Waals surface area (Å²) in [4.78, 5) is 25.9. The van der Waals surface area contributed by atoms with Crippen LogP contribution in [0.25, 0.3) is 0 Å². The maximum Gasteiger partial charge on any atom is 0.234 e. The molecule has 0 aromatic rings. The van der Waals surface area contributed by atoms with Crippen LogP contribution in [0.3, 0.4) is 0 Å². The second-order valence-corrected chi connectivity index (χ2v) is 7.88. The predicted molar refractivity (Wildman–Crippen MR) is 99.7 cm³/mol. The highest BCUT2D eigenvalue weighted by Crippen LogP contribution is 2.24. The van der Waals surface area contributed by atoms with Crippen LogP contribution >= 0.6 is 0 Å². The lowest BCUT2D eigenvalue weighted by atomic mass is 9.88. The zero-order chi connectivity index (χ0) is 18.9. The molecule has 0 spiro atoms. The topological polar surface area (TPSA) is 90.9 Å². The summed E-state index contributed by atoms with van der Waals surface area (Å²) in [6, 6.07) is -0.152. The molecule has 150 valence electrons. The first-order chi connectivity index (χ1) is 12.5. The average molecular weight is 370 g/mol. The lowest BCUT2D eigenvalue weighted by molar-refractivity contribution is -0.130. The molecule has 1 saturated heterocycles. The molecule has 1 aliphatic heterocycles. The molecule has 7 nitrogen and oxygen atoms in total. The van der Waals surface area contributed by atoms with Crippen molar-refractivity contribution < 1.29 is 19.4 Å². The third kappa shape index (κ3) is 6.85. The van der Waals surface area contributed by atoms with E-state index in [1.807, 2.05) is 19.0 Å². The number of carbonyl (C=O) groups excluding carboxylic acids is 2. The highest BCUT2D eigenvalue weighted by molar-refractivity contribution is 5.78. The van der Waals surface area contributed by atoms with Crippen molar-refractivity contribution in [1.29, 1.82) is 0 Å². The van der Waals surface area contributed by atoms with E-state index in [1.54, 1.807) is 0 Å². The van der Waals surface area contributed by atoms with Gasteiger partial charge in [0.15, 0.2) is 0 Å². The molecule has 2 aliphatic rings. The summed E-state index contributed by atoms with van der Waals surface area (Å²) in [6.45, 7) is 0.818. The zero-order valence-electron chi connectivity index (χ0n) is 16.2. The number of hydrogen-bond donors (Lipinski definition) is 3. The van der Waals surface area contributed by atoms with Crippen LogP contribution in [0.2, 0.25) is 0 Å². The van der Waals surface area contributed by atoms with E-state index in [2.05, 4.69) is 10.6 Å². The summed E-state index contributed by atoms with van der Waals surface area (Å²) in [6.07, 6.45) is 7.55. The van der Waals surface area contributed by atoms with E-state index in [9.17, 15) is 14.7 Å². The van der Waals surface area contributed by atoms with Crippen molar-refractivity contribution in [2.45, 2.75) is 69.6 Å². The number of rotatable bonds is 8. The molecular weight excluding hydrogens is 334 g/mol. The lowest BCUT2D eigenvalue weighted by Gasteiger charge is -2.36. The average Bonchev–Trinajstić information content (AvgIpc) is 2.62. The van der Waals surface area contributed by atoms with Crippen LogP contribution in [0.15, 0.2) is 0 Å². The minimum atomic E-state index is -0.381. The third-order valence-corrected chi connectivity index (χ3v) is 5.34. The van der Waals surface area contributed by atoms with Gasteiger partial charge in [-0.3, -0.25) is 9.59 Å². The van der Waals surface area contributed by atoms with Crippen LogP contribution < -0.4 is 10.6 Å². The van der Waals surface area contributed by atoms with Gasteiger partial charge < -0.3 is 25.4 Å². The lowest BCUT2D eigenvalue weighted by Crippen LogP contribution is -2.52. The second kappa shape index (κ2) is 10.8. The van der Waals surface area contributed by atoms with Crippen molar-refractivity contribution in [3.63, 3.8) is 0 Å². The Hall–Kier alpha value is -1.18. The minimum absolute atomic E-state index is 0.0146. The molecule has 26 heavy (non-hydrogen) atoms. The molecule has 2 amide bonds. The van der Waals surface area contributed by atoms with Gasteiger partial charge >= 0.3 is 0 Å².